The molecule has 1 aromatic carbocycles. The van der Waals surface area contributed by atoms with Gasteiger partial charge in [0.25, 0.3) is 0 Å². The van der Waals surface area contributed by atoms with E-state index in [-0.39, 0.29) is 0 Å². The Balaban J connectivity index is 1.90. The van der Waals surface area contributed by atoms with Gasteiger partial charge >= 0.3 is 0 Å². The van der Waals surface area contributed by atoms with Crippen LogP contribution in [0.5, 0.6) is 0 Å². The lowest BCUT2D eigenvalue weighted by Gasteiger charge is -2.27. The highest BCUT2D eigenvalue weighted by atomic mass is 14.9. The average Bonchev–Trinajstić information content (AvgIpc) is 2.81. The lowest BCUT2D eigenvalue weighted by molar-refractivity contribution is 0.330. The van der Waals surface area contributed by atoms with E-state index in [1.807, 2.05) is 12.3 Å². The fourth-order valence-corrected chi connectivity index (χ4v) is 3.71. The van der Waals surface area contributed by atoms with Crippen molar-refractivity contribution >= 4 is 10.9 Å². The first-order valence-electron chi connectivity index (χ1n) is 8.46. The first kappa shape index (κ1) is 14.5. The Bertz CT molecular complexity index is 571. The Morgan fingerprint density at radius 3 is 2.71 bits per heavy atom. The van der Waals surface area contributed by atoms with Gasteiger partial charge in [-0.25, -0.2) is 0 Å². The van der Waals surface area contributed by atoms with Gasteiger partial charge in [0, 0.05) is 17.6 Å². The van der Waals surface area contributed by atoms with Crippen LogP contribution in [-0.2, 0) is 0 Å². The summed E-state index contributed by atoms with van der Waals surface area (Å²) >= 11 is 0. The van der Waals surface area contributed by atoms with Crippen LogP contribution < -0.4 is 5.32 Å². The van der Waals surface area contributed by atoms with Gasteiger partial charge in [-0.05, 0) is 49.1 Å². The summed E-state index contributed by atoms with van der Waals surface area (Å²) in [4.78, 5) is 4.43. The number of benzene rings is 1. The number of nitrogens with one attached hydrogen (secondary N) is 1. The lowest BCUT2D eigenvalue weighted by atomic mass is 9.86. The summed E-state index contributed by atoms with van der Waals surface area (Å²) in [7, 11) is 0. The van der Waals surface area contributed by atoms with Gasteiger partial charge in [0.15, 0.2) is 0 Å². The van der Waals surface area contributed by atoms with Crippen molar-refractivity contribution in [3.63, 3.8) is 0 Å². The molecular weight excluding hydrogens is 256 g/mol. The third-order valence-corrected chi connectivity index (χ3v) is 4.78. The van der Waals surface area contributed by atoms with E-state index in [1.165, 1.54) is 49.5 Å². The second-order valence-electron chi connectivity index (χ2n) is 6.24. The molecule has 1 heterocycles. The molecule has 1 N–H and O–H groups in total. The molecule has 0 aliphatic heterocycles. The van der Waals surface area contributed by atoms with Crippen molar-refractivity contribution in [3.05, 3.63) is 42.1 Å². The van der Waals surface area contributed by atoms with E-state index >= 15 is 0 Å². The molecular formula is C19H26N2. The topological polar surface area (TPSA) is 24.9 Å². The van der Waals surface area contributed by atoms with Crippen molar-refractivity contribution in [2.45, 2.75) is 51.5 Å². The molecule has 1 aromatic heterocycles. The van der Waals surface area contributed by atoms with Crippen LogP contribution in [0.1, 0.15) is 57.1 Å². The van der Waals surface area contributed by atoms with E-state index in [1.54, 1.807) is 0 Å². The van der Waals surface area contributed by atoms with Gasteiger partial charge < -0.3 is 5.32 Å². The summed E-state index contributed by atoms with van der Waals surface area (Å²) in [5.41, 5.74) is 2.53. The van der Waals surface area contributed by atoms with Gasteiger partial charge in [-0.1, -0.05) is 44.7 Å². The quantitative estimate of drug-likeness (QED) is 0.810. The molecule has 1 aliphatic rings. The van der Waals surface area contributed by atoms with Crippen LogP contribution in [-0.4, -0.2) is 11.5 Å². The SMILES string of the molecule is CCNC(c1ccc2ncccc2c1)C1CCCCCC1. The fourth-order valence-electron chi connectivity index (χ4n) is 3.71. The summed E-state index contributed by atoms with van der Waals surface area (Å²) in [6.07, 6.45) is 10.2. The van der Waals surface area contributed by atoms with E-state index < -0.39 is 0 Å². The lowest BCUT2D eigenvalue weighted by Crippen LogP contribution is -2.28. The molecule has 1 saturated carbocycles. The summed E-state index contributed by atoms with van der Waals surface area (Å²) in [6, 6.07) is 11.5. The molecule has 3 rings (SSSR count). The predicted molar refractivity (Wildman–Crippen MR) is 89.4 cm³/mol. The molecule has 0 radical (unpaired) electrons. The Hall–Kier alpha value is -1.41. The third-order valence-electron chi connectivity index (χ3n) is 4.78. The maximum Gasteiger partial charge on any atom is 0.0702 e. The number of rotatable bonds is 4. The molecule has 21 heavy (non-hydrogen) atoms. The van der Waals surface area contributed by atoms with Gasteiger partial charge in [0.2, 0.25) is 0 Å². The number of aromatic nitrogens is 1. The summed E-state index contributed by atoms with van der Waals surface area (Å²) < 4.78 is 0. The Labute approximate surface area is 128 Å². The first-order chi connectivity index (χ1) is 10.4. The highest BCUT2D eigenvalue weighted by Gasteiger charge is 2.23. The van der Waals surface area contributed by atoms with Crippen molar-refractivity contribution in [1.82, 2.24) is 10.3 Å². The normalized spacial score (nSPS) is 18.5. The summed E-state index contributed by atoms with van der Waals surface area (Å²) in [6.45, 7) is 3.25. The molecule has 0 bridgehead atoms. The molecule has 1 aliphatic carbocycles. The summed E-state index contributed by atoms with van der Waals surface area (Å²) in [5.74, 6) is 0.779. The molecule has 2 heteroatoms. The molecule has 2 aromatic rings. The smallest absolute Gasteiger partial charge is 0.0702 e. The maximum atomic E-state index is 4.43. The maximum absolute atomic E-state index is 4.43. The second-order valence-corrected chi connectivity index (χ2v) is 6.24. The van der Waals surface area contributed by atoms with Crippen LogP contribution in [0.2, 0.25) is 0 Å². The molecule has 1 atom stereocenters. The van der Waals surface area contributed by atoms with Crippen LogP contribution >= 0.6 is 0 Å². The number of hydrogen-bond acceptors (Lipinski definition) is 2. The van der Waals surface area contributed by atoms with E-state index in [9.17, 15) is 0 Å². The van der Waals surface area contributed by atoms with Gasteiger partial charge in [-0.2, -0.15) is 0 Å². The molecule has 112 valence electrons. The van der Waals surface area contributed by atoms with Gasteiger partial charge in [-0.3, -0.25) is 4.98 Å². The van der Waals surface area contributed by atoms with Crippen molar-refractivity contribution in [2.24, 2.45) is 5.92 Å². The van der Waals surface area contributed by atoms with Gasteiger partial charge in [-0.15, -0.1) is 0 Å². The van der Waals surface area contributed by atoms with Crippen LogP contribution in [0.4, 0.5) is 0 Å². The van der Waals surface area contributed by atoms with Crippen LogP contribution in [0.25, 0.3) is 10.9 Å². The van der Waals surface area contributed by atoms with E-state index in [2.05, 4.69) is 41.5 Å². The predicted octanol–water partition coefficient (Wildman–Crippen LogP) is 4.86. The van der Waals surface area contributed by atoms with Crippen LogP contribution in [0, 0.1) is 5.92 Å². The minimum atomic E-state index is 0.498. The number of nitrogens with zero attached hydrogens (tertiary/aromatic N) is 1. The zero-order valence-electron chi connectivity index (χ0n) is 13.0. The molecule has 0 spiro atoms. The summed E-state index contributed by atoms with van der Waals surface area (Å²) in [5, 5.41) is 5.00. The zero-order valence-corrected chi connectivity index (χ0v) is 13.0. The zero-order chi connectivity index (χ0) is 14.5. The van der Waals surface area contributed by atoms with E-state index in [0.717, 1.165) is 18.0 Å². The number of hydrogen-bond donors (Lipinski definition) is 1. The second kappa shape index (κ2) is 7.04. The largest absolute Gasteiger partial charge is 0.310 e. The molecule has 0 saturated heterocycles. The van der Waals surface area contributed by atoms with Gasteiger partial charge in [0.1, 0.15) is 0 Å². The van der Waals surface area contributed by atoms with Crippen LogP contribution in [0.15, 0.2) is 36.5 Å². The number of pyridine rings is 1. The monoisotopic (exact) mass is 282 g/mol. The molecule has 2 nitrogen and oxygen atoms in total. The highest BCUT2D eigenvalue weighted by Crippen LogP contribution is 2.34. The first-order valence-corrected chi connectivity index (χ1v) is 8.46. The molecule has 1 unspecified atom stereocenters. The van der Waals surface area contributed by atoms with Crippen molar-refractivity contribution in [1.29, 1.82) is 0 Å². The van der Waals surface area contributed by atoms with Crippen molar-refractivity contribution < 1.29 is 0 Å². The molecule has 0 amide bonds. The minimum Gasteiger partial charge on any atom is -0.310 e. The van der Waals surface area contributed by atoms with Crippen molar-refractivity contribution in [3.8, 4) is 0 Å². The molecule has 1 fully saturated rings. The Morgan fingerprint density at radius 2 is 1.95 bits per heavy atom. The Morgan fingerprint density at radius 1 is 1.14 bits per heavy atom. The van der Waals surface area contributed by atoms with Gasteiger partial charge in [0.05, 0.1) is 5.52 Å². The highest BCUT2D eigenvalue weighted by molar-refractivity contribution is 5.79. The number of fused-ring (bicyclic) bond motifs is 1. The Kier molecular flexibility index (Phi) is 4.87. The van der Waals surface area contributed by atoms with E-state index in [0.29, 0.717) is 6.04 Å². The third kappa shape index (κ3) is 3.44. The van der Waals surface area contributed by atoms with Crippen LogP contribution in [0.3, 0.4) is 0 Å². The average molecular weight is 282 g/mol. The minimum absolute atomic E-state index is 0.498. The van der Waals surface area contributed by atoms with E-state index in [4.69, 9.17) is 0 Å². The standard InChI is InChI=1S/C19H26N2/c1-2-20-19(15-8-5-3-4-6-9-15)17-11-12-18-16(14-17)10-7-13-21-18/h7,10-15,19-20H,2-6,8-9H2,1H3. The fraction of sp³-hybridized carbons (Fsp3) is 0.526. The van der Waals surface area contributed by atoms with Crippen molar-refractivity contribution in [2.75, 3.05) is 6.54 Å².